The molecule has 4 nitrogen and oxygen atoms in total. The smallest absolute Gasteiger partial charge is 0.143 e. The van der Waals surface area contributed by atoms with E-state index >= 15 is 0 Å². The van der Waals surface area contributed by atoms with E-state index < -0.39 is 10.8 Å². The Labute approximate surface area is 98.6 Å². The minimum Gasteiger partial charge on any atom is -0.495 e. The third-order valence-corrected chi connectivity index (χ3v) is 3.10. The van der Waals surface area contributed by atoms with Gasteiger partial charge in [0.2, 0.25) is 0 Å². The summed E-state index contributed by atoms with van der Waals surface area (Å²) in [4.78, 5) is 0. The number of anilines is 2. The maximum Gasteiger partial charge on any atom is 0.143 e. The standard InChI is InChI=1S/C11H18N2O2S/c1-8(7-16(3)14)13-9-4-5-10(12)11(6-9)15-2/h4-6,8,13H,7,12H2,1-3H3. The van der Waals surface area contributed by atoms with Crippen molar-refractivity contribution in [1.29, 1.82) is 0 Å². The van der Waals surface area contributed by atoms with Crippen molar-refractivity contribution in [2.24, 2.45) is 0 Å². The summed E-state index contributed by atoms with van der Waals surface area (Å²) in [6.45, 7) is 1.99. The summed E-state index contributed by atoms with van der Waals surface area (Å²) in [6.07, 6.45) is 1.70. The molecule has 0 radical (unpaired) electrons. The van der Waals surface area contributed by atoms with Crippen LogP contribution in [-0.2, 0) is 10.8 Å². The summed E-state index contributed by atoms with van der Waals surface area (Å²) in [5.41, 5.74) is 7.24. The van der Waals surface area contributed by atoms with E-state index in [2.05, 4.69) is 5.32 Å². The van der Waals surface area contributed by atoms with Gasteiger partial charge in [-0.3, -0.25) is 4.21 Å². The first-order valence-electron chi connectivity index (χ1n) is 5.03. The van der Waals surface area contributed by atoms with Gasteiger partial charge in [0, 0.05) is 40.6 Å². The Morgan fingerprint density at radius 2 is 2.25 bits per heavy atom. The molecule has 5 heteroatoms. The Balaban J connectivity index is 2.70. The molecule has 1 aromatic carbocycles. The van der Waals surface area contributed by atoms with Crippen LogP contribution in [0.4, 0.5) is 11.4 Å². The summed E-state index contributed by atoms with van der Waals surface area (Å²) in [6, 6.07) is 5.66. The van der Waals surface area contributed by atoms with E-state index in [9.17, 15) is 4.21 Å². The molecule has 0 spiro atoms. The van der Waals surface area contributed by atoms with Crippen molar-refractivity contribution >= 4 is 22.2 Å². The van der Waals surface area contributed by atoms with Crippen molar-refractivity contribution in [3.63, 3.8) is 0 Å². The zero-order valence-electron chi connectivity index (χ0n) is 9.82. The van der Waals surface area contributed by atoms with Crippen LogP contribution in [0.15, 0.2) is 18.2 Å². The molecule has 0 fully saturated rings. The lowest BCUT2D eigenvalue weighted by Gasteiger charge is -2.15. The normalized spacial score (nSPS) is 14.2. The maximum atomic E-state index is 11.0. The van der Waals surface area contributed by atoms with E-state index in [1.165, 1.54) is 0 Å². The number of nitrogen functional groups attached to an aromatic ring is 1. The first kappa shape index (κ1) is 12.8. The lowest BCUT2D eigenvalue weighted by Crippen LogP contribution is -2.22. The maximum absolute atomic E-state index is 11.0. The molecule has 0 amide bonds. The highest BCUT2D eigenvalue weighted by atomic mass is 32.2. The highest BCUT2D eigenvalue weighted by Crippen LogP contribution is 2.25. The fraction of sp³-hybridized carbons (Fsp3) is 0.455. The molecule has 16 heavy (non-hydrogen) atoms. The Kier molecular flexibility index (Phi) is 4.61. The van der Waals surface area contributed by atoms with E-state index in [4.69, 9.17) is 10.5 Å². The number of nitrogens with two attached hydrogens (primary N) is 1. The highest BCUT2D eigenvalue weighted by Gasteiger charge is 2.06. The number of ether oxygens (including phenoxy) is 1. The van der Waals surface area contributed by atoms with Crippen molar-refractivity contribution in [2.75, 3.05) is 30.2 Å². The minimum atomic E-state index is -0.799. The quantitative estimate of drug-likeness (QED) is 0.767. The lowest BCUT2D eigenvalue weighted by atomic mass is 10.2. The van der Waals surface area contributed by atoms with Crippen molar-refractivity contribution in [3.8, 4) is 5.75 Å². The number of hydrogen-bond acceptors (Lipinski definition) is 4. The zero-order chi connectivity index (χ0) is 12.1. The largest absolute Gasteiger partial charge is 0.495 e. The fourth-order valence-corrected chi connectivity index (χ4v) is 2.27. The second-order valence-electron chi connectivity index (χ2n) is 3.74. The molecule has 1 aromatic rings. The molecule has 0 saturated carbocycles. The summed E-state index contributed by atoms with van der Waals surface area (Å²) in [7, 11) is 0.784. The Hall–Kier alpha value is -1.23. The number of hydrogen-bond donors (Lipinski definition) is 2. The molecule has 1 rings (SSSR count). The van der Waals surface area contributed by atoms with Gasteiger partial charge in [-0.2, -0.15) is 0 Å². The van der Waals surface area contributed by atoms with Gasteiger partial charge in [-0.1, -0.05) is 0 Å². The predicted molar refractivity (Wildman–Crippen MR) is 69.4 cm³/mol. The van der Waals surface area contributed by atoms with Gasteiger partial charge < -0.3 is 15.8 Å². The van der Waals surface area contributed by atoms with Crippen LogP contribution in [0.25, 0.3) is 0 Å². The molecular formula is C11H18N2O2S. The highest BCUT2D eigenvalue weighted by molar-refractivity contribution is 7.84. The van der Waals surface area contributed by atoms with Gasteiger partial charge >= 0.3 is 0 Å². The number of nitrogens with one attached hydrogen (secondary N) is 1. The van der Waals surface area contributed by atoms with Crippen LogP contribution in [0, 0.1) is 0 Å². The molecule has 0 bridgehead atoms. The molecule has 0 aliphatic carbocycles. The van der Waals surface area contributed by atoms with Gasteiger partial charge in [0.15, 0.2) is 0 Å². The molecule has 0 aliphatic heterocycles. The Morgan fingerprint density at radius 3 is 2.81 bits per heavy atom. The zero-order valence-corrected chi connectivity index (χ0v) is 10.6. The molecule has 3 N–H and O–H groups in total. The average molecular weight is 242 g/mol. The minimum absolute atomic E-state index is 0.152. The first-order chi connectivity index (χ1) is 7.52. The second kappa shape index (κ2) is 5.75. The molecule has 0 aliphatic rings. The van der Waals surface area contributed by atoms with Gasteiger partial charge in [0.05, 0.1) is 12.8 Å². The molecule has 90 valence electrons. The van der Waals surface area contributed by atoms with E-state index in [0.717, 1.165) is 5.69 Å². The topological polar surface area (TPSA) is 64.3 Å². The van der Waals surface area contributed by atoms with Crippen LogP contribution in [0.5, 0.6) is 5.75 Å². The molecule has 2 atom stereocenters. The van der Waals surface area contributed by atoms with Gasteiger partial charge in [-0.05, 0) is 19.1 Å². The van der Waals surface area contributed by atoms with Crippen molar-refractivity contribution in [3.05, 3.63) is 18.2 Å². The molecular weight excluding hydrogens is 224 g/mol. The summed E-state index contributed by atoms with van der Waals surface area (Å²) < 4.78 is 16.2. The van der Waals surface area contributed by atoms with E-state index in [1.54, 1.807) is 19.4 Å². The van der Waals surface area contributed by atoms with E-state index in [0.29, 0.717) is 17.2 Å². The third-order valence-electron chi connectivity index (χ3n) is 2.13. The summed E-state index contributed by atoms with van der Waals surface area (Å²) >= 11 is 0. The van der Waals surface area contributed by atoms with Crippen LogP contribution in [0.1, 0.15) is 6.92 Å². The van der Waals surface area contributed by atoms with Crippen LogP contribution < -0.4 is 15.8 Å². The van der Waals surface area contributed by atoms with Crippen LogP contribution in [0.3, 0.4) is 0 Å². The van der Waals surface area contributed by atoms with Crippen LogP contribution >= 0.6 is 0 Å². The second-order valence-corrected chi connectivity index (χ2v) is 5.22. The SMILES string of the molecule is COc1cc(NC(C)CS(C)=O)ccc1N. The first-order valence-corrected chi connectivity index (χ1v) is 6.75. The van der Waals surface area contributed by atoms with Crippen molar-refractivity contribution < 1.29 is 8.95 Å². The van der Waals surface area contributed by atoms with Gasteiger partial charge in [-0.15, -0.1) is 0 Å². The van der Waals surface area contributed by atoms with E-state index in [-0.39, 0.29) is 6.04 Å². The monoisotopic (exact) mass is 242 g/mol. The number of benzene rings is 1. The molecule has 0 saturated heterocycles. The fourth-order valence-electron chi connectivity index (χ4n) is 1.48. The Morgan fingerprint density at radius 1 is 1.56 bits per heavy atom. The summed E-state index contributed by atoms with van der Waals surface area (Å²) in [5, 5.41) is 3.25. The lowest BCUT2D eigenvalue weighted by molar-refractivity contribution is 0.417. The van der Waals surface area contributed by atoms with Gasteiger partial charge in [0.1, 0.15) is 5.75 Å². The number of methoxy groups -OCH3 is 1. The predicted octanol–water partition coefficient (Wildman–Crippen LogP) is 1.46. The van der Waals surface area contributed by atoms with Crippen LogP contribution in [0.2, 0.25) is 0 Å². The van der Waals surface area contributed by atoms with E-state index in [1.807, 2.05) is 19.1 Å². The van der Waals surface area contributed by atoms with Crippen LogP contribution in [-0.4, -0.2) is 29.4 Å². The molecule has 0 heterocycles. The summed E-state index contributed by atoms with van der Waals surface area (Å²) in [5.74, 6) is 1.27. The number of rotatable bonds is 5. The molecule has 0 aromatic heterocycles. The van der Waals surface area contributed by atoms with Gasteiger partial charge in [0.25, 0.3) is 0 Å². The van der Waals surface area contributed by atoms with Crippen molar-refractivity contribution in [1.82, 2.24) is 0 Å². The third kappa shape index (κ3) is 3.73. The molecule has 2 unspecified atom stereocenters. The van der Waals surface area contributed by atoms with Gasteiger partial charge in [-0.25, -0.2) is 0 Å². The Bertz CT molecular complexity index is 382. The van der Waals surface area contributed by atoms with Crippen molar-refractivity contribution in [2.45, 2.75) is 13.0 Å². The average Bonchev–Trinajstić information content (AvgIpc) is 2.19.